The third kappa shape index (κ3) is 2.95. The third-order valence-electron chi connectivity index (χ3n) is 3.47. The molecule has 1 amide bonds. The predicted octanol–water partition coefficient (Wildman–Crippen LogP) is 2.15. The number of amides is 1. The number of thioether (sulfide) groups is 1. The van der Waals surface area contributed by atoms with Crippen LogP contribution >= 0.6 is 11.8 Å². The van der Waals surface area contributed by atoms with Gasteiger partial charge in [-0.1, -0.05) is 12.1 Å². The lowest BCUT2D eigenvalue weighted by atomic mass is 10.3. The number of nitrogens with one attached hydrogen (secondary N) is 1. The average molecular weight is 339 g/mol. The molecular formula is C16H13N5O2S. The smallest absolute Gasteiger partial charge is 0.266 e. The van der Waals surface area contributed by atoms with Crippen LogP contribution in [-0.2, 0) is 4.79 Å². The molecule has 24 heavy (non-hydrogen) atoms. The standard InChI is InChI=1S/C16H13N5O2S/c22-16(13-8-24-14-4-2-1-3-12(14)23-13)20-11-5-6-15(18-7-11)21-10-17-9-19-21/h1-7,9-10,13H,8H2,(H,20,22)/t13-/m0/s1. The first-order valence-electron chi connectivity index (χ1n) is 7.30. The van der Waals surface area contributed by atoms with Gasteiger partial charge in [-0.3, -0.25) is 4.79 Å². The number of hydrogen-bond acceptors (Lipinski definition) is 6. The summed E-state index contributed by atoms with van der Waals surface area (Å²) in [6, 6.07) is 11.2. The molecule has 8 heteroatoms. The molecule has 1 aliphatic heterocycles. The number of para-hydroxylation sites is 1. The number of nitrogens with zero attached hydrogens (tertiary/aromatic N) is 4. The molecule has 1 aromatic carbocycles. The van der Waals surface area contributed by atoms with Gasteiger partial charge in [-0.2, -0.15) is 5.10 Å². The van der Waals surface area contributed by atoms with Gasteiger partial charge in [0.25, 0.3) is 5.91 Å². The maximum absolute atomic E-state index is 12.4. The molecule has 0 saturated carbocycles. The summed E-state index contributed by atoms with van der Waals surface area (Å²) in [5, 5.41) is 6.83. The highest BCUT2D eigenvalue weighted by Crippen LogP contribution is 2.35. The van der Waals surface area contributed by atoms with Crippen molar-refractivity contribution < 1.29 is 9.53 Å². The number of carbonyl (C=O) groups excluding carboxylic acids is 1. The Kier molecular flexibility index (Phi) is 3.87. The normalized spacial score (nSPS) is 16.1. The number of aromatic nitrogens is 4. The number of anilines is 1. The molecule has 2 aromatic heterocycles. The second kappa shape index (κ2) is 6.32. The molecule has 0 fully saturated rings. The Hall–Kier alpha value is -2.87. The van der Waals surface area contributed by atoms with Crippen LogP contribution in [0.15, 0.2) is 60.1 Å². The van der Waals surface area contributed by atoms with E-state index in [-0.39, 0.29) is 5.91 Å². The summed E-state index contributed by atoms with van der Waals surface area (Å²) >= 11 is 1.62. The molecule has 120 valence electrons. The average Bonchev–Trinajstić information content (AvgIpc) is 3.16. The number of ether oxygens (including phenoxy) is 1. The van der Waals surface area contributed by atoms with E-state index < -0.39 is 6.10 Å². The molecule has 1 aliphatic rings. The topological polar surface area (TPSA) is 81.9 Å². The zero-order chi connectivity index (χ0) is 16.4. The van der Waals surface area contributed by atoms with Gasteiger partial charge in [0.1, 0.15) is 18.4 Å². The van der Waals surface area contributed by atoms with E-state index >= 15 is 0 Å². The first kappa shape index (κ1) is 14.7. The van der Waals surface area contributed by atoms with Gasteiger partial charge in [0.2, 0.25) is 0 Å². The van der Waals surface area contributed by atoms with Gasteiger partial charge < -0.3 is 10.1 Å². The number of pyridine rings is 1. The summed E-state index contributed by atoms with van der Waals surface area (Å²) in [4.78, 5) is 21.6. The maximum atomic E-state index is 12.4. The maximum Gasteiger partial charge on any atom is 0.266 e. The minimum absolute atomic E-state index is 0.188. The zero-order valence-electron chi connectivity index (χ0n) is 12.5. The summed E-state index contributed by atoms with van der Waals surface area (Å²) < 4.78 is 7.32. The molecule has 0 saturated heterocycles. The second-order valence-corrected chi connectivity index (χ2v) is 6.16. The highest BCUT2D eigenvalue weighted by molar-refractivity contribution is 7.99. The van der Waals surface area contributed by atoms with Crippen molar-refractivity contribution in [1.82, 2.24) is 19.7 Å². The Morgan fingerprint density at radius 2 is 2.21 bits per heavy atom. The van der Waals surface area contributed by atoms with Gasteiger partial charge in [0, 0.05) is 10.6 Å². The van der Waals surface area contributed by atoms with Crippen LogP contribution in [0, 0.1) is 0 Å². The van der Waals surface area contributed by atoms with Gasteiger partial charge in [0.05, 0.1) is 11.9 Å². The molecule has 1 N–H and O–H groups in total. The Morgan fingerprint density at radius 1 is 1.29 bits per heavy atom. The molecular weight excluding hydrogens is 326 g/mol. The van der Waals surface area contributed by atoms with E-state index in [0.717, 1.165) is 10.6 Å². The lowest BCUT2D eigenvalue weighted by molar-refractivity contribution is -0.122. The van der Waals surface area contributed by atoms with E-state index in [1.54, 1.807) is 41.1 Å². The minimum Gasteiger partial charge on any atom is -0.479 e. The fourth-order valence-electron chi connectivity index (χ4n) is 2.29. The Bertz CT molecular complexity index is 851. The Morgan fingerprint density at radius 3 is 3.00 bits per heavy atom. The monoisotopic (exact) mass is 339 g/mol. The number of rotatable bonds is 3. The van der Waals surface area contributed by atoms with Crippen LogP contribution in [0.4, 0.5) is 5.69 Å². The van der Waals surface area contributed by atoms with Crippen molar-refractivity contribution in [1.29, 1.82) is 0 Å². The van der Waals surface area contributed by atoms with Crippen LogP contribution in [0.1, 0.15) is 0 Å². The van der Waals surface area contributed by atoms with Gasteiger partial charge in [-0.25, -0.2) is 14.6 Å². The van der Waals surface area contributed by atoms with Crippen LogP contribution in [0.2, 0.25) is 0 Å². The van der Waals surface area contributed by atoms with Crippen LogP contribution < -0.4 is 10.1 Å². The van der Waals surface area contributed by atoms with Gasteiger partial charge in [-0.05, 0) is 24.3 Å². The van der Waals surface area contributed by atoms with Gasteiger partial charge >= 0.3 is 0 Å². The SMILES string of the molecule is O=C(Nc1ccc(-n2cncn2)nc1)[C@@H]1CSc2ccccc2O1. The molecule has 0 spiro atoms. The molecule has 4 rings (SSSR count). The van der Waals surface area contributed by atoms with Crippen molar-refractivity contribution in [2.45, 2.75) is 11.0 Å². The summed E-state index contributed by atoms with van der Waals surface area (Å²) in [6.45, 7) is 0. The fraction of sp³-hybridized carbons (Fsp3) is 0.125. The van der Waals surface area contributed by atoms with Gasteiger partial charge in [-0.15, -0.1) is 11.8 Å². The number of hydrogen-bond donors (Lipinski definition) is 1. The van der Waals surface area contributed by atoms with E-state index in [4.69, 9.17) is 4.74 Å². The number of fused-ring (bicyclic) bond motifs is 1. The molecule has 0 unspecified atom stereocenters. The van der Waals surface area contributed by atoms with E-state index in [1.807, 2.05) is 24.3 Å². The summed E-state index contributed by atoms with van der Waals surface area (Å²) in [5.41, 5.74) is 0.608. The van der Waals surface area contributed by atoms with Crippen LogP contribution in [0.5, 0.6) is 5.75 Å². The molecule has 0 radical (unpaired) electrons. The third-order valence-corrected chi connectivity index (χ3v) is 4.59. The van der Waals surface area contributed by atoms with E-state index in [0.29, 0.717) is 17.3 Å². The van der Waals surface area contributed by atoms with E-state index in [2.05, 4.69) is 20.4 Å². The fourth-order valence-corrected chi connectivity index (χ4v) is 3.28. The number of carbonyl (C=O) groups is 1. The Balaban J connectivity index is 1.43. The summed E-state index contributed by atoms with van der Waals surface area (Å²) in [7, 11) is 0. The van der Waals surface area contributed by atoms with E-state index in [9.17, 15) is 4.79 Å². The van der Waals surface area contributed by atoms with Crippen LogP contribution in [0.25, 0.3) is 5.82 Å². The second-order valence-electron chi connectivity index (χ2n) is 5.10. The Labute approximate surface area is 142 Å². The van der Waals surface area contributed by atoms with Crippen LogP contribution in [-0.4, -0.2) is 37.5 Å². The molecule has 0 bridgehead atoms. The largest absolute Gasteiger partial charge is 0.479 e. The quantitative estimate of drug-likeness (QED) is 0.787. The molecule has 1 atom stereocenters. The highest BCUT2D eigenvalue weighted by Gasteiger charge is 2.26. The summed E-state index contributed by atoms with van der Waals surface area (Å²) in [6.07, 6.45) is 4.05. The number of benzene rings is 1. The lowest BCUT2D eigenvalue weighted by Crippen LogP contribution is -2.36. The van der Waals surface area contributed by atoms with Crippen molar-refractivity contribution in [2.75, 3.05) is 11.1 Å². The molecule has 0 aliphatic carbocycles. The molecule has 3 heterocycles. The van der Waals surface area contributed by atoms with Crippen molar-refractivity contribution in [3.63, 3.8) is 0 Å². The van der Waals surface area contributed by atoms with Crippen molar-refractivity contribution in [3.05, 3.63) is 55.2 Å². The van der Waals surface area contributed by atoms with Gasteiger partial charge in [0.15, 0.2) is 11.9 Å². The van der Waals surface area contributed by atoms with Crippen molar-refractivity contribution in [3.8, 4) is 11.6 Å². The minimum atomic E-state index is -0.528. The zero-order valence-corrected chi connectivity index (χ0v) is 13.3. The molecule has 7 nitrogen and oxygen atoms in total. The molecule has 3 aromatic rings. The van der Waals surface area contributed by atoms with Crippen molar-refractivity contribution in [2.24, 2.45) is 0 Å². The van der Waals surface area contributed by atoms with E-state index in [1.165, 1.54) is 6.33 Å². The summed E-state index contributed by atoms with van der Waals surface area (Å²) in [5.74, 6) is 1.76. The highest BCUT2D eigenvalue weighted by atomic mass is 32.2. The van der Waals surface area contributed by atoms with Crippen molar-refractivity contribution >= 4 is 23.4 Å². The first-order chi connectivity index (χ1) is 11.8. The van der Waals surface area contributed by atoms with Crippen LogP contribution in [0.3, 0.4) is 0 Å². The lowest BCUT2D eigenvalue weighted by Gasteiger charge is -2.24. The predicted molar refractivity (Wildman–Crippen MR) is 89.4 cm³/mol. The first-order valence-corrected chi connectivity index (χ1v) is 8.28.